The second kappa shape index (κ2) is 10.9. The first-order chi connectivity index (χ1) is 17.4. The van der Waals surface area contributed by atoms with Crippen LogP contribution in [0.1, 0.15) is 49.2 Å². The van der Waals surface area contributed by atoms with E-state index in [0.29, 0.717) is 37.2 Å². The number of carbonyl (C=O) groups is 1. The van der Waals surface area contributed by atoms with Gasteiger partial charge in [-0.2, -0.15) is 26.3 Å². The van der Waals surface area contributed by atoms with Gasteiger partial charge >= 0.3 is 12.4 Å². The number of halogens is 6. The molecule has 0 unspecified atom stereocenters. The summed E-state index contributed by atoms with van der Waals surface area (Å²) in [6.45, 7) is 4.53. The average Bonchev–Trinajstić information content (AvgIpc) is 3.22. The number of imidazole rings is 1. The Morgan fingerprint density at radius 3 is 2.14 bits per heavy atom. The molecule has 1 amide bonds. The zero-order valence-electron chi connectivity index (χ0n) is 20.1. The largest absolute Gasteiger partial charge is 0.430 e. The summed E-state index contributed by atoms with van der Waals surface area (Å²) in [7, 11) is 0. The molecule has 0 aliphatic carbocycles. The lowest BCUT2D eigenvalue weighted by Crippen LogP contribution is -2.53. The van der Waals surface area contributed by atoms with Crippen molar-refractivity contribution in [3.05, 3.63) is 60.0 Å². The van der Waals surface area contributed by atoms with Gasteiger partial charge in [-0.05, 0) is 25.0 Å². The Balaban J connectivity index is 2.17. The highest BCUT2D eigenvalue weighted by Gasteiger charge is 2.71. The molecule has 3 rings (SSSR count). The molecule has 3 aromatic rings. The van der Waals surface area contributed by atoms with Crippen LogP contribution in [0.15, 0.2) is 48.8 Å². The zero-order chi connectivity index (χ0) is 27.4. The molecule has 2 aromatic heterocycles. The van der Waals surface area contributed by atoms with Gasteiger partial charge in [0.15, 0.2) is 0 Å². The molecule has 1 aromatic carbocycles. The minimum absolute atomic E-state index is 0.168. The van der Waals surface area contributed by atoms with Crippen molar-refractivity contribution in [1.82, 2.24) is 19.9 Å². The number of hydrogen-bond acceptors (Lipinski definition) is 4. The second-order valence-corrected chi connectivity index (χ2v) is 8.42. The second-order valence-electron chi connectivity index (χ2n) is 8.42. The molecule has 0 atom stereocenters. The van der Waals surface area contributed by atoms with Crippen LogP contribution in [-0.2, 0) is 12.1 Å². The summed E-state index contributed by atoms with van der Waals surface area (Å²) >= 11 is 0. The van der Waals surface area contributed by atoms with Crippen molar-refractivity contribution in [2.24, 2.45) is 0 Å². The maximum atomic E-state index is 13.3. The van der Waals surface area contributed by atoms with E-state index in [-0.39, 0.29) is 22.8 Å². The summed E-state index contributed by atoms with van der Waals surface area (Å²) in [6.07, 6.45) is -6.80. The molecule has 0 bridgehead atoms. The number of unbranched alkanes of at least 4 members (excludes halogenated alkanes) is 1. The van der Waals surface area contributed by atoms with E-state index in [1.807, 2.05) is 13.8 Å². The maximum absolute atomic E-state index is 13.3. The Kier molecular flexibility index (Phi) is 8.31. The molecular formula is C25H26F6N4O2. The number of benzene rings is 1. The zero-order valence-corrected chi connectivity index (χ0v) is 20.1. The summed E-state index contributed by atoms with van der Waals surface area (Å²) < 4.78 is 81.4. The smallest absolute Gasteiger partial charge is 0.369 e. The standard InChI is InChI=1S/C25H26F6N4O2/c1-3-5-13-33-22(36)20-19(17-7-6-12-32-15-17)34-21(35(20)14-4-2)16-8-10-18(11-9-16)23(37,24(26,27)28)25(29,30)31/h6-12,15,37H,3-5,13-14H2,1-2H3,(H,33,36). The normalized spacial score (nSPS) is 12.6. The highest BCUT2D eigenvalue weighted by Crippen LogP contribution is 2.50. The summed E-state index contributed by atoms with van der Waals surface area (Å²) in [5.41, 5.74) is -5.26. The first kappa shape index (κ1) is 28.2. The molecule has 200 valence electrons. The molecule has 0 aliphatic heterocycles. The molecule has 6 nitrogen and oxygen atoms in total. The van der Waals surface area contributed by atoms with Crippen LogP contribution in [0.2, 0.25) is 0 Å². The highest BCUT2D eigenvalue weighted by molar-refractivity contribution is 5.99. The van der Waals surface area contributed by atoms with Gasteiger partial charge in [-0.1, -0.05) is 44.5 Å². The van der Waals surface area contributed by atoms with Crippen LogP contribution in [0.4, 0.5) is 26.3 Å². The number of hydrogen-bond donors (Lipinski definition) is 2. The lowest BCUT2D eigenvalue weighted by molar-refractivity contribution is -0.376. The van der Waals surface area contributed by atoms with Gasteiger partial charge in [0.1, 0.15) is 17.2 Å². The van der Waals surface area contributed by atoms with E-state index in [1.54, 1.807) is 16.7 Å². The monoisotopic (exact) mass is 528 g/mol. The maximum Gasteiger partial charge on any atom is 0.430 e. The number of nitrogens with one attached hydrogen (secondary N) is 1. The molecule has 2 N–H and O–H groups in total. The molecule has 37 heavy (non-hydrogen) atoms. The Morgan fingerprint density at radius 1 is 0.973 bits per heavy atom. The summed E-state index contributed by atoms with van der Waals surface area (Å²) in [6, 6.07) is 6.48. The van der Waals surface area contributed by atoms with Crippen LogP contribution in [0, 0.1) is 0 Å². The van der Waals surface area contributed by atoms with Gasteiger partial charge in [-0.25, -0.2) is 4.98 Å². The molecule has 0 radical (unpaired) electrons. The van der Waals surface area contributed by atoms with Crippen molar-refractivity contribution in [3.63, 3.8) is 0 Å². The van der Waals surface area contributed by atoms with Gasteiger partial charge < -0.3 is 15.0 Å². The number of carbonyl (C=O) groups excluding carboxylic acids is 1. The average molecular weight is 528 g/mol. The van der Waals surface area contributed by atoms with Crippen molar-refractivity contribution in [2.45, 2.75) is 57.6 Å². The fourth-order valence-electron chi connectivity index (χ4n) is 3.86. The minimum atomic E-state index is -6.00. The molecule has 0 fully saturated rings. The molecule has 0 spiro atoms. The van der Waals surface area contributed by atoms with E-state index in [9.17, 15) is 36.2 Å². The Hall–Kier alpha value is -3.41. The van der Waals surface area contributed by atoms with Crippen LogP contribution < -0.4 is 5.32 Å². The van der Waals surface area contributed by atoms with Gasteiger partial charge in [-0.3, -0.25) is 9.78 Å². The predicted octanol–water partition coefficient (Wildman–Crippen LogP) is 5.86. The van der Waals surface area contributed by atoms with Crippen molar-refractivity contribution < 1.29 is 36.2 Å². The molecule has 0 saturated heterocycles. The van der Waals surface area contributed by atoms with E-state index < -0.39 is 29.4 Å². The number of pyridine rings is 1. The number of rotatable bonds is 9. The van der Waals surface area contributed by atoms with Gasteiger partial charge in [-0.15, -0.1) is 0 Å². The topological polar surface area (TPSA) is 80.0 Å². The van der Waals surface area contributed by atoms with Crippen LogP contribution in [0.25, 0.3) is 22.6 Å². The van der Waals surface area contributed by atoms with Crippen LogP contribution >= 0.6 is 0 Å². The lowest BCUT2D eigenvalue weighted by Gasteiger charge is -2.32. The quantitative estimate of drug-likeness (QED) is 0.269. The third-order valence-electron chi connectivity index (χ3n) is 5.76. The molecule has 2 heterocycles. The van der Waals surface area contributed by atoms with Gasteiger partial charge in [0.2, 0.25) is 0 Å². The van der Waals surface area contributed by atoms with Crippen molar-refractivity contribution in [2.75, 3.05) is 6.54 Å². The fourth-order valence-corrected chi connectivity index (χ4v) is 3.86. The van der Waals surface area contributed by atoms with Crippen LogP contribution in [0.3, 0.4) is 0 Å². The third kappa shape index (κ3) is 5.48. The van der Waals surface area contributed by atoms with Crippen molar-refractivity contribution in [3.8, 4) is 22.6 Å². The molecule has 0 saturated carbocycles. The Morgan fingerprint density at radius 2 is 1.62 bits per heavy atom. The van der Waals surface area contributed by atoms with E-state index in [2.05, 4.69) is 15.3 Å². The number of amides is 1. The molecule has 0 aliphatic rings. The summed E-state index contributed by atoms with van der Waals surface area (Å²) in [4.78, 5) is 21.8. The Labute approximate surface area is 209 Å². The van der Waals surface area contributed by atoms with Gasteiger partial charge in [0, 0.05) is 42.2 Å². The number of aliphatic hydroxyl groups is 1. The van der Waals surface area contributed by atoms with Gasteiger partial charge in [0.05, 0.1) is 0 Å². The SMILES string of the molecule is CCCCNC(=O)c1c(-c2cccnc2)nc(-c2ccc(C(O)(C(F)(F)F)C(F)(F)F)cc2)n1CCC. The lowest BCUT2D eigenvalue weighted by atomic mass is 9.91. The molecule has 12 heteroatoms. The van der Waals surface area contributed by atoms with Crippen molar-refractivity contribution in [1.29, 1.82) is 0 Å². The number of alkyl halides is 6. The predicted molar refractivity (Wildman–Crippen MR) is 124 cm³/mol. The number of aromatic nitrogens is 3. The van der Waals surface area contributed by atoms with E-state index in [4.69, 9.17) is 0 Å². The molecular weight excluding hydrogens is 502 g/mol. The summed E-state index contributed by atoms with van der Waals surface area (Å²) in [5.74, 6) is -0.241. The Bertz CT molecular complexity index is 1190. The third-order valence-corrected chi connectivity index (χ3v) is 5.76. The van der Waals surface area contributed by atoms with Gasteiger partial charge in [0.25, 0.3) is 11.5 Å². The highest BCUT2D eigenvalue weighted by atomic mass is 19.4. The number of nitrogens with zero attached hydrogens (tertiary/aromatic N) is 3. The van der Waals surface area contributed by atoms with Crippen molar-refractivity contribution >= 4 is 5.91 Å². The van der Waals surface area contributed by atoms with E-state index in [1.165, 1.54) is 12.4 Å². The fraction of sp³-hybridized carbons (Fsp3) is 0.400. The van der Waals surface area contributed by atoms with Crippen LogP contribution in [-0.4, -0.2) is 44.4 Å². The minimum Gasteiger partial charge on any atom is -0.369 e. The summed E-state index contributed by atoms with van der Waals surface area (Å²) in [5, 5.41) is 12.5. The van der Waals surface area contributed by atoms with E-state index >= 15 is 0 Å². The van der Waals surface area contributed by atoms with E-state index in [0.717, 1.165) is 25.0 Å². The van der Waals surface area contributed by atoms with Crippen LogP contribution in [0.5, 0.6) is 0 Å². The first-order valence-electron chi connectivity index (χ1n) is 11.6. The first-order valence-corrected chi connectivity index (χ1v) is 11.6.